The predicted molar refractivity (Wildman–Crippen MR) is 146 cm³/mol. The van der Waals surface area contributed by atoms with Crippen LogP contribution in [0.4, 0.5) is 11.4 Å². The maximum atomic E-state index is 12.5. The second-order valence-corrected chi connectivity index (χ2v) is 9.27. The third kappa shape index (κ3) is 4.90. The monoisotopic (exact) mass is 509 g/mol. The lowest BCUT2D eigenvalue weighted by Crippen LogP contribution is -2.29. The Morgan fingerprint density at radius 1 is 1.05 bits per heavy atom. The standard InChI is InChI=1S/C29H27N5O4/c1-33(2)13-12-26(35)34(3)21-8-6-20(7-9-21)31-28(19-5-11-24-25(15-19)38-17-37-24)27-22-10-4-18(16-30)14-23(22)32-29(27)36/h4-11,14-15,32,36H,12-13,17H2,1-3H3. The van der Waals surface area contributed by atoms with Crippen molar-refractivity contribution < 1.29 is 19.4 Å². The van der Waals surface area contributed by atoms with Gasteiger partial charge in [-0.25, -0.2) is 4.99 Å². The van der Waals surface area contributed by atoms with E-state index in [1.165, 1.54) is 0 Å². The first-order valence-corrected chi connectivity index (χ1v) is 12.1. The number of amides is 1. The van der Waals surface area contributed by atoms with Crippen LogP contribution in [-0.2, 0) is 4.79 Å². The maximum absolute atomic E-state index is 12.5. The van der Waals surface area contributed by atoms with Gasteiger partial charge >= 0.3 is 0 Å². The van der Waals surface area contributed by atoms with Crippen molar-refractivity contribution in [3.8, 4) is 23.4 Å². The lowest BCUT2D eigenvalue weighted by Gasteiger charge is -2.19. The van der Waals surface area contributed by atoms with Crippen LogP contribution in [0.25, 0.3) is 10.9 Å². The van der Waals surface area contributed by atoms with Crippen LogP contribution in [0.15, 0.2) is 65.7 Å². The number of anilines is 1. The molecule has 0 unspecified atom stereocenters. The number of aromatic nitrogens is 1. The highest BCUT2D eigenvalue weighted by atomic mass is 16.7. The van der Waals surface area contributed by atoms with Crippen molar-refractivity contribution in [3.05, 3.63) is 77.4 Å². The molecule has 0 bridgehead atoms. The van der Waals surface area contributed by atoms with E-state index >= 15 is 0 Å². The Labute approximate surface area is 220 Å². The molecule has 9 heteroatoms. The van der Waals surface area contributed by atoms with Gasteiger partial charge in [0.05, 0.1) is 34.1 Å². The van der Waals surface area contributed by atoms with E-state index < -0.39 is 0 Å². The molecule has 1 aromatic heterocycles. The number of carbonyl (C=O) groups is 1. The molecular weight excluding hydrogens is 482 g/mol. The Morgan fingerprint density at radius 3 is 2.55 bits per heavy atom. The zero-order valence-corrected chi connectivity index (χ0v) is 21.4. The van der Waals surface area contributed by atoms with Gasteiger partial charge in [0.2, 0.25) is 12.7 Å². The Bertz CT molecular complexity index is 1580. The second kappa shape index (κ2) is 10.3. The van der Waals surface area contributed by atoms with E-state index in [1.54, 1.807) is 30.1 Å². The highest BCUT2D eigenvalue weighted by Crippen LogP contribution is 2.37. The third-order valence-electron chi connectivity index (χ3n) is 6.42. The molecular formula is C29H27N5O4. The number of benzene rings is 3. The van der Waals surface area contributed by atoms with Crippen LogP contribution in [0.3, 0.4) is 0 Å². The number of carbonyl (C=O) groups excluding carboxylic acids is 1. The van der Waals surface area contributed by atoms with E-state index in [1.807, 2.05) is 61.5 Å². The van der Waals surface area contributed by atoms with Crippen LogP contribution in [0, 0.1) is 11.3 Å². The number of nitrogens with one attached hydrogen (secondary N) is 1. The summed E-state index contributed by atoms with van der Waals surface area (Å²) in [7, 11) is 5.63. The number of rotatable bonds is 7. The molecule has 0 fully saturated rings. The Morgan fingerprint density at radius 2 is 1.82 bits per heavy atom. The van der Waals surface area contributed by atoms with Crippen LogP contribution >= 0.6 is 0 Å². The van der Waals surface area contributed by atoms with E-state index in [0.29, 0.717) is 52.5 Å². The first-order chi connectivity index (χ1) is 18.3. The molecule has 0 spiro atoms. The number of H-pyrrole nitrogens is 1. The number of hydrogen-bond acceptors (Lipinski definition) is 7. The number of aliphatic imine (C=N–C) groups is 1. The second-order valence-electron chi connectivity index (χ2n) is 9.27. The molecule has 0 atom stereocenters. The van der Waals surface area contributed by atoms with Crippen LogP contribution in [-0.4, -0.2) is 61.1 Å². The minimum absolute atomic E-state index is 0.0245. The molecule has 0 saturated carbocycles. The molecule has 4 aromatic rings. The summed E-state index contributed by atoms with van der Waals surface area (Å²) in [6.07, 6.45) is 0.422. The summed E-state index contributed by atoms with van der Waals surface area (Å²) < 4.78 is 11.0. The highest BCUT2D eigenvalue weighted by molar-refractivity contribution is 6.22. The van der Waals surface area contributed by atoms with Crippen LogP contribution in [0.2, 0.25) is 0 Å². The molecule has 1 amide bonds. The molecule has 5 rings (SSSR count). The number of nitrogens with zero attached hydrogens (tertiary/aromatic N) is 4. The van der Waals surface area contributed by atoms with Crippen LogP contribution in [0.1, 0.15) is 23.1 Å². The minimum atomic E-state index is -0.0608. The molecule has 0 aliphatic carbocycles. The molecule has 1 aliphatic rings. The molecule has 1 aliphatic heterocycles. The molecule has 0 radical (unpaired) electrons. The normalized spacial score (nSPS) is 12.7. The summed E-state index contributed by atoms with van der Waals surface area (Å²) in [6.45, 7) is 0.817. The zero-order valence-electron chi connectivity index (χ0n) is 21.4. The fourth-order valence-electron chi connectivity index (χ4n) is 4.31. The molecule has 2 heterocycles. The minimum Gasteiger partial charge on any atom is -0.494 e. The average molecular weight is 510 g/mol. The fraction of sp³-hybridized carbons (Fsp3) is 0.207. The van der Waals surface area contributed by atoms with Crippen molar-refractivity contribution in [1.29, 1.82) is 5.26 Å². The topological polar surface area (TPSA) is 114 Å². The van der Waals surface area contributed by atoms with E-state index in [4.69, 9.17) is 14.5 Å². The lowest BCUT2D eigenvalue weighted by molar-refractivity contribution is -0.118. The summed E-state index contributed by atoms with van der Waals surface area (Å²) in [5, 5.41) is 21.0. The maximum Gasteiger partial charge on any atom is 0.231 e. The number of hydrogen-bond donors (Lipinski definition) is 2. The van der Waals surface area contributed by atoms with Gasteiger partial charge in [-0.2, -0.15) is 5.26 Å². The van der Waals surface area contributed by atoms with Gasteiger partial charge in [0.15, 0.2) is 17.4 Å². The van der Waals surface area contributed by atoms with Gasteiger partial charge in [0.1, 0.15) is 0 Å². The molecule has 3 aromatic carbocycles. The van der Waals surface area contributed by atoms with Crippen molar-refractivity contribution in [1.82, 2.24) is 9.88 Å². The Balaban J connectivity index is 1.56. The van der Waals surface area contributed by atoms with Crippen molar-refractivity contribution >= 4 is 33.9 Å². The smallest absolute Gasteiger partial charge is 0.231 e. The van der Waals surface area contributed by atoms with Crippen molar-refractivity contribution in [2.75, 3.05) is 39.4 Å². The van der Waals surface area contributed by atoms with Gasteiger partial charge in [-0.15, -0.1) is 0 Å². The average Bonchev–Trinajstić information content (AvgIpc) is 3.52. The van der Waals surface area contributed by atoms with Gasteiger partial charge in [-0.3, -0.25) is 4.79 Å². The molecule has 2 N–H and O–H groups in total. The van der Waals surface area contributed by atoms with Crippen LogP contribution in [0.5, 0.6) is 17.4 Å². The number of aromatic amines is 1. The zero-order chi connectivity index (χ0) is 26.8. The van der Waals surface area contributed by atoms with Crippen molar-refractivity contribution in [2.45, 2.75) is 6.42 Å². The summed E-state index contributed by atoms with van der Waals surface area (Å²) in [6, 6.07) is 20.2. The van der Waals surface area contributed by atoms with Crippen molar-refractivity contribution in [2.24, 2.45) is 4.99 Å². The SMILES string of the molecule is CN(C)CCC(=O)N(C)c1ccc(N=C(c2ccc3c(c2)OCO3)c2c(O)[nH]c3cc(C#N)ccc23)cc1. The Kier molecular flexibility index (Phi) is 6.73. The number of fused-ring (bicyclic) bond motifs is 2. The number of ether oxygens (including phenoxy) is 2. The van der Waals surface area contributed by atoms with Gasteiger partial charge < -0.3 is 29.4 Å². The summed E-state index contributed by atoms with van der Waals surface area (Å²) >= 11 is 0. The quantitative estimate of drug-likeness (QED) is 0.353. The van der Waals surface area contributed by atoms with E-state index in [0.717, 1.165) is 16.6 Å². The molecule has 38 heavy (non-hydrogen) atoms. The van der Waals surface area contributed by atoms with E-state index in [-0.39, 0.29) is 18.6 Å². The van der Waals surface area contributed by atoms with Gasteiger partial charge in [-0.1, -0.05) is 6.07 Å². The van der Waals surface area contributed by atoms with Gasteiger partial charge in [-0.05, 0) is 68.7 Å². The predicted octanol–water partition coefficient (Wildman–Crippen LogP) is 4.56. The highest BCUT2D eigenvalue weighted by Gasteiger charge is 2.22. The Hall–Kier alpha value is -4.81. The number of nitriles is 1. The summed E-state index contributed by atoms with van der Waals surface area (Å²) in [4.78, 5) is 24.0. The molecule has 0 saturated heterocycles. The van der Waals surface area contributed by atoms with Gasteiger partial charge in [0, 0.05) is 36.7 Å². The van der Waals surface area contributed by atoms with E-state index in [2.05, 4.69) is 11.1 Å². The first kappa shape index (κ1) is 24.9. The summed E-state index contributed by atoms with van der Waals surface area (Å²) in [5.74, 6) is 1.20. The van der Waals surface area contributed by atoms with Crippen molar-refractivity contribution in [3.63, 3.8) is 0 Å². The number of aromatic hydroxyl groups is 1. The first-order valence-electron chi connectivity index (χ1n) is 12.1. The van der Waals surface area contributed by atoms with Gasteiger partial charge in [0.25, 0.3) is 0 Å². The molecule has 9 nitrogen and oxygen atoms in total. The van der Waals surface area contributed by atoms with E-state index in [9.17, 15) is 15.2 Å². The fourth-order valence-corrected chi connectivity index (χ4v) is 4.31. The largest absolute Gasteiger partial charge is 0.494 e. The summed E-state index contributed by atoms with van der Waals surface area (Å²) in [5.41, 5.74) is 4.23. The lowest BCUT2D eigenvalue weighted by atomic mass is 9.99. The third-order valence-corrected chi connectivity index (χ3v) is 6.42. The molecule has 192 valence electrons. The van der Waals surface area contributed by atoms with Crippen LogP contribution < -0.4 is 14.4 Å².